The number of allylic oxidation sites excluding steroid dienone is 7. The number of aryl methyl sites for hydroxylation is 1. The fourth-order valence-electron chi connectivity index (χ4n) is 4.73. The number of Topliss-reactive ketones (excluding diaryl/α,β-unsaturated/α-hetero) is 1. The van der Waals surface area contributed by atoms with Crippen LogP contribution in [0, 0.1) is 12.8 Å². The summed E-state index contributed by atoms with van der Waals surface area (Å²) in [6, 6.07) is 8.73. The molecule has 0 spiro atoms. The zero-order chi connectivity index (χ0) is 33.9. The van der Waals surface area contributed by atoms with Gasteiger partial charge in [-0.05, 0) is 45.2 Å². The first kappa shape index (κ1) is 35.1. The minimum absolute atomic E-state index is 0.0307. The second-order valence-electron chi connectivity index (χ2n) is 11.0. The van der Waals surface area contributed by atoms with Crippen LogP contribution in [0.15, 0.2) is 98.4 Å². The number of nitrogens with two attached hydrogens (primary N) is 1. The summed E-state index contributed by atoms with van der Waals surface area (Å²) in [7, 11) is 0. The van der Waals surface area contributed by atoms with E-state index in [4.69, 9.17) is 20.5 Å². The number of nitrogen functional groups attached to an aromatic ring is 1. The molecule has 3 N–H and O–H groups in total. The molecular weight excluding hydrogens is 586 g/mol. The number of benzene rings is 1. The maximum absolute atomic E-state index is 13.4. The topological polar surface area (TPSA) is 187 Å². The summed E-state index contributed by atoms with van der Waals surface area (Å²) in [6.07, 6.45) is 12.9. The van der Waals surface area contributed by atoms with Crippen molar-refractivity contribution in [2.75, 3.05) is 5.73 Å². The van der Waals surface area contributed by atoms with Crippen molar-refractivity contribution in [3.8, 4) is 0 Å². The second kappa shape index (κ2) is 16.1. The van der Waals surface area contributed by atoms with Gasteiger partial charge in [0.1, 0.15) is 28.6 Å². The quantitative estimate of drug-likeness (QED) is 0.0955. The van der Waals surface area contributed by atoms with Crippen LogP contribution in [0.25, 0.3) is 10.4 Å². The summed E-state index contributed by atoms with van der Waals surface area (Å²) in [6.45, 7) is 13.3. The third-order valence-corrected chi connectivity index (χ3v) is 7.43. The van der Waals surface area contributed by atoms with Crippen molar-refractivity contribution < 1.29 is 14.0 Å². The lowest BCUT2D eigenvalue weighted by Gasteiger charge is -2.20. The third kappa shape index (κ3) is 8.19. The summed E-state index contributed by atoms with van der Waals surface area (Å²) in [5, 5.41) is 14.4. The fourth-order valence-corrected chi connectivity index (χ4v) is 4.73. The van der Waals surface area contributed by atoms with Crippen molar-refractivity contribution in [3.63, 3.8) is 0 Å². The Labute approximate surface area is 268 Å². The average molecular weight is 628 g/mol. The van der Waals surface area contributed by atoms with Crippen LogP contribution >= 0.6 is 0 Å². The molecule has 13 heteroatoms. The minimum Gasteiger partial charge on any atom is -0.417 e. The first-order valence-corrected chi connectivity index (χ1v) is 15.0. The molecule has 0 radical (unpaired) electrons. The maximum Gasteiger partial charge on any atom is 0.286 e. The van der Waals surface area contributed by atoms with Crippen LogP contribution in [0.5, 0.6) is 0 Å². The highest BCUT2D eigenvalue weighted by atomic mass is 16.6. The van der Waals surface area contributed by atoms with Gasteiger partial charge in [0.15, 0.2) is 0 Å². The number of carbonyl (C=O) groups is 1. The van der Waals surface area contributed by atoms with E-state index in [1.165, 1.54) is 16.3 Å². The molecule has 1 aliphatic carbocycles. The number of azide groups is 1. The number of anilines is 1. The highest BCUT2D eigenvalue weighted by molar-refractivity contribution is 5.97. The Morgan fingerprint density at radius 2 is 1.91 bits per heavy atom. The Morgan fingerprint density at radius 1 is 1.20 bits per heavy atom. The Kier molecular flexibility index (Phi) is 12.2. The van der Waals surface area contributed by atoms with Gasteiger partial charge in [-0.15, -0.1) is 10.2 Å². The monoisotopic (exact) mass is 627 g/mol. The van der Waals surface area contributed by atoms with Crippen molar-refractivity contribution in [3.05, 3.63) is 128 Å². The summed E-state index contributed by atoms with van der Waals surface area (Å²) >= 11 is 0. The summed E-state index contributed by atoms with van der Waals surface area (Å²) in [5.74, 6) is -0.350. The smallest absolute Gasteiger partial charge is 0.286 e. The highest BCUT2D eigenvalue weighted by Crippen LogP contribution is 2.33. The van der Waals surface area contributed by atoms with E-state index >= 15 is 0 Å². The van der Waals surface area contributed by atoms with Crippen molar-refractivity contribution in [2.24, 2.45) is 11.2 Å². The average Bonchev–Trinajstić information content (AvgIpc) is 3.60. The van der Waals surface area contributed by atoms with Crippen LogP contribution < -0.4 is 16.6 Å². The van der Waals surface area contributed by atoms with Gasteiger partial charge in [0.2, 0.25) is 11.7 Å². The standard InChI is InChI=1S/C23H25N9O4.C8H10.C2H6/c1-12-17(18(33)20-28-29-22(35-20)23(3,4)14-8-6-5-7-9-14)27-16(19(12)36-31-30-25)11-32-13(2)26-10-15(24)21(32)34;1-8-6-4-2-3-5-7-8;1-2/h5-10,12,17,27H,11,24H2,1-4H3;2-6H,7H2,1H3;1-2H3. The molecule has 2 atom stereocenters. The molecular formula is C33H41N9O4. The predicted octanol–water partition coefficient (Wildman–Crippen LogP) is 6.26. The van der Waals surface area contributed by atoms with Crippen molar-refractivity contribution in [1.29, 1.82) is 0 Å². The first-order chi connectivity index (χ1) is 22.0. The van der Waals surface area contributed by atoms with Gasteiger partial charge in [0.25, 0.3) is 11.4 Å². The largest absolute Gasteiger partial charge is 0.417 e. The number of aromatic nitrogens is 4. The molecule has 1 aromatic carbocycles. The second-order valence-corrected chi connectivity index (χ2v) is 11.0. The maximum atomic E-state index is 13.4. The predicted molar refractivity (Wildman–Crippen MR) is 176 cm³/mol. The van der Waals surface area contributed by atoms with E-state index in [1.54, 1.807) is 13.8 Å². The lowest BCUT2D eigenvalue weighted by Crippen LogP contribution is -2.38. The number of ketones is 1. The first-order valence-electron chi connectivity index (χ1n) is 15.0. The molecule has 0 fully saturated rings. The lowest BCUT2D eigenvalue weighted by atomic mass is 9.85. The van der Waals surface area contributed by atoms with Gasteiger partial charge in [-0.1, -0.05) is 87.1 Å². The molecule has 13 nitrogen and oxygen atoms in total. The van der Waals surface area contributed by atoms with Crippen molar-refractivity contribution in [2.45, 2.75) is 72.9 Å². The van der Waals surface area contributed by atoms with Crippen LogP contribution in [0.3, 0.4) is 0 Å². The van der Waals surface area contributed by atoms with Gasteiger partial charge < -0.3 is 20.3 Å². The van der Waals surface area contributed by atoms with Gasteiger partial charge in [0.05, 0.1) is 23.9 Å². The van der Waals surface area contributed by atoms with Crippen LogP contribution in [0.1, 0.15) is 75.9 Å². The number of rotatable bonds is 8. The Balaban J connectivity index is 0.000000496. The number of nitrogens with one attached hydrogen (secondary N) is 1. The highest BCUT2D eigenvalue weighted by Gasteiger charge is 2.41. The molecule has 5 rings (SSSR count). The zero-order valence-corrected chi connectivity index (χ0v) is 27.3. The molecule has 0 saturated carbocycles. The van der Waals surface area contributed by atoms with E-state index in [2.05, 4.69) is 68.0 Å². The molecule has 46 heavy (non-hydrogen) atoms. The molecule has 2 aromatic heterocycles. The molecule has 3 heterocycles. The van der Waals surface area contributed by atoms with E-state index in [1.807, 2.05) is 58.0 Å². The normalized spacial score (nSPS) is 16.9. The molecule has 2 unspecified atom stereocenters. The zero-order valence-electron chi connectivity index (χ0n) is 27.3. The summed E-state index contributed by atoms with van der Waals surface area (Å²) in [4.78, 5) is 37.9. The van der Waals surface area contributed by atoms with Gasteiger partial charge in [-0.25, -0.2) is 4.98 Å². The van der Waals surface area contributed by atoms with Crippen molar-refractivity contribution in [1.82, 2.24) is 25.1 Å². The molecule has 0 saturated heterocycles. The number of hydrogen-bond acceptors (Lipinski definition) is 10. The van der Waals surface area contributed by atoms with Crippen LogP contribution in [0.2, 0.25) is 0 Å². The van der Waals surface area contributed by atoms with Gasteiger partial charge in [-0.2, -0.15) is 0 Å². The Hall–Kier alpha value is -5.42. The van der Waals surface area contributed by atoms with E-state index in [0.29, 0.717) is 11.5 Å². The van der Waals surface area contributed by atoms with Crippen LogP contribution in [0.4, 0.5) is 5.69 Å². The van der Waals surface area contributed by atoms with E-state index < -0.39 is 28.7 Å². The fraction of sp³-hybridized carbons (Fsp3) is 0.364. The minimum atomic E-state index is -0.873. The van der Waals surface area contributed by atoms with Crippen LogP contribution in [-0.2, 0) is 16.8 Å². The van der Waals surface area contributed by atoms with Crippen molar-refractivity contribution >= 4 is 11.5 Å². The van der Waals surface area contributed by atoms with E-state index in [0.717, 1.165) is 12.0 Å². The molecule has 3 aromatic rings. The van der Waals surface area contributed by atoms with Crippen LogP contribution in [-0.4, -0.2) is 31.6 Å². The number of hydrogen-bond donors (Lipinski definition) is 2. The molecule has 0 amide bonds. The molecule has 242 valence electrons. The number of nitrogens with zero attached hydrogens (tertiary/aromatic N) is 7. The third-order valence-electron chi connectivity index (χ3n) is 7.43. The van der Waals surface area contributed by atoms with E-state index in [9.17, 15) is 9.59 Å². The number of carbonyl (C=O) groups excluding carboxylic acids is 1. The summed E-state index contributed by atoms with van der Waals surface area (Å²) in [5.41, 5.74) is 16.1. The molecule has 0 bridgehead atoms. The van der Waals surface area contributed by atoms with E-state index in [-0.39, 0.29) is 29.8 Å². The lowest BCUT2D eigenvalue weighted by molar-refractivity contribution is 0.0880. The summed E-state index contributed by atoms with van der Waals surface area (Å²) < 4.78 is 7.14. The van der Waals surface area contributed by atoms with Gasteiger partial charge in [-0.3, -0.25) is 14.2 Å². The van der Waals surface area contributed by atoms with Gasteiger partial charge in [0, 0.05) is 10.8 Å². The SMILES string of the molecule is CC.CC1=CC=CC=CC1.Cc1ncc(N)c(=O)n1CC1=C(ON=[N+]=[N-])C(C)C(C(=O)c2nnc(C(C)(C)c3ccccc3)o2)N1. The molecule has 2 aliphatic rings. The van der Waals surface area contributed by atoms with Gasteiger partial charge >= 0.3 is 0 Å². The molecule has 1 aliphatic heterocycles. The Morgan fingerprint density at radius 3 is 2.61 bits per heavy atom. The Bertz CT molecular complexity index is 1740.